The fourth-order valence-electron chi connectivity index (χ4n) is 1.72. The van der Waals surface area contributed by atoms with Crippen LogP contribution in [0, 0.1) is 18.3 Å². The van der Waals surface area contributed by atoms with Gasteiger partial charge in [0.2, 0.25) is 10.0 Å². The van der Waals surface area contributed by atoms with Crippen LogP contribution in [0.3, 0.4) is 0 Å². The second-order valence-electron chi connectivity index (χ2n) is 4.48. The Labute approximate surface area is 132 Å². The minimum Gasteiger partial charge on any atom is -0.478 e. The van der Waals surface area contributed by atoms with E-state index in [0.717, 1.165) is 6.07 Å². The van der Waals surface area contributed by atoms with Gasteiger partial charge in [-0.15, -0.1) is 0 Å². The number of nitrogens with zero attached hydrogens (tertiary/aromatic N) is 1. The fourth-order valence-corrected chi connectivity index (χ4v) is 3.92. The maximum absolute atomic E-state index is 12.4. The fraction of sp³-hybridized carbons (Fsp3) is 0.385. The van der Waals surface area contributed by atoms with Crippen LogP contribution in [-0.4, -0.2) is 25.5 Å². The molecule has 0 radical (unpaired) electrons. The Morgan fingerprint density at radius 2 is 2.14 bits per heavy atom. The zero-order valence-electron chi connectivity index (χ0n) is 11.6. The standard InChI is InChI=1S/C13H15BrN2O4S/c1-3-10(4-5-15)16-21(19,20)12-7-9(13(17)18)6-11(14)8(12)2/h6-7,10,16H,3-4H2,1-2H3,(H,17,18). The number of hydrogen-bond acceptors (Lipinski definition) is 4. The molecule has 0 aliphatic heterocycles. The molecule has 0 heterocycles. The van der Waals surface area contributed by atoms with Crippen molar-refractivity contribution >= 4 is 31.9 Å². The number of carboxylic acid groups (broad SMARTS) is 1. The molecule has 0 aliphatic rings. The van der Waals surface area contributed by atoms with E-state index in [9.17, 15) is 13.2 Å². The quantitative estimate of drug-likeness (QED) is 0.794. The molecule has 1 unspecified atom stereocenters. The van der Waals surface area contributed by atoms with Crippen molar-refractivity contribution in [2.75, 3.05) is 0 Å². The number of nitrogens with one attached hydrogen (secondary N) is 1. The zero-order valence-corrected chi connectivity index (χ0v) is 14.0. The monoisotopic (exact) mass is 374 g/mol. The lowest BCUT2D eigenvalue weighted by molar-refractivity contribution is 0.0696. The second kappa shape index (κ2) is 7.02. The van der Waals surface area contributed by atoms with Crippen LogP contribution in [0.25, 0.3) is 0 Å². The maximum atomic E-state index is 12.4. The molecule has 6 nitrogen and oxygen atoms in total. The molecule has 1 rings (SSSR count). The highest BCUT2D eigenvalue weighted by Gasteiger charge is 2.23. The van der Waals surface area contributed by atoms with E-state index >= 15 is 0 Å². The summed E-state index contributed by atoms with van der Waals surface area (Å²) in [4.78, 5) is 10.9. The lowest BCUT2D eigenvalue weighted by Crippen LogP contribution is -2.34. The van der Waals surface area contributed by atoms with Crippen LogP contribution in [-0.2, 0) is 10.0 Å². The van der Waals surface area contributed by atoms with Gasteiger partial charge < -0.3 is 5.11 Å². The van der Waals surface area contributed by atoms with Crippen LogP contribution < -0.4 is 4.72 Å². The predicted octanol–water partition coefficient (Wildman–Crippen LogP) is 2.43. The molecular formula is C13H15BrN2O4S. The van der Waals surface area contributed by atoms with Crippen LogP contribution in [0.2, 0.25) is 0 Å². The number of hydrogen-bond donors (Lipinski definition) is 2. The van der Waals surface area contributed by atoms with Crippen molar-refractivity contribution in [2.24, 2.45) is 0 Å². The van der Waals surface area contributed by atoms with Crippen molar-refractivity contribution in [1.29, 1.82) is 5.26 Å². The summed E-state index contributed by atoms with van der Waals surface area (Å²) in [6.45, 7) is 3.34. The first kappa shape index (κ1) is 17.6. The van der Waals surface area contributed by atoms with E-state index in [1.165, 1.54) is 6.07 Å². The minimum atomic E-state index is -3.90. The van der Waals surface area contributed by atoms with Crippen molar-refractivity contribution in [3.05, 3.63) is 27.7 Å². The molecular weight excluding hydrogens is 360 g/mol. The van der Waals surface area contributed by atoms with Gasteiger partial charge in [0.1, 0.15) is 0 Å². The van der Waals surface area contributed by atoms with Gasteiger partial charge in [-0.3, -0.25) is 0 Å². The number of benzene rings is 1. The van der Waals surface area contributed by atoms with E-state index in [1.54, 1.807) is 13.8 Å². The van der Waals surface area contributed by atoms with E-state index in [2.05, 4.69) is 20.7 Å². The molecule has 0 aliphatic carbocycles. The Bertz CT molecular complexity index is 695. The zero-order chi connectivity index (χ0) is 16.2. The Morgan fingerprint density at radius 3 is 2.62 bits per heavy atom. The van der Waals surface area contributed by atoms with Gasteiger partial charge >= 0.3 is 5.97 Å². The van der Waals surface area contributed by atoms with Gasteiger partial charge in [0.15, 0.2) is 0 Å². The van der Waals surface area contributed by atoms with Crippen LogP contribution in [0.15, 0.2) is 21.5 Å². The third-order valence-corrected chi connectivity index (χ3v) is 5.46. The topological polar surface area (TPSA) is 107 Å². The third-order valence-electron chi connectivity index (χ3n) is 2.99. The van der Waals surface area contributed by atoms with Gasteiger partial charge in [-0.05, 0) is 31.0 Å². The minimum absolute atomic E-state index is 0.0502. The van der Waals surface area contributed by atoms with Crippen LogP contribution in [0.4, 0.5) is 0 Å². The van der Waals surface area contributed by atoms with Gasteiger partial charge in [0, 0.05) is 10.5 Å². The van der Waals surface area contributed by atoms with E-state index in [1.807, 2.05) is 6.07 Å². The molecule has 0 fully saturated rings. The van der Waals surface area contributed by atoms with Gasteiger partial charge in [-0.1, -0.05) is 22.9 Å². The first-order valence-electron chi connectivity index (χ1n) is 6.15. The van der Waals surface area contributed by atoms with Crippen molar-refractivity contribution < 1.29 is 18.3 Å². The Hall–Kier alpha value is -1.43. The molecule has 0 bridgehead atoms. The molecule has 0 aromatic heterocycles. The van der Waals surface area contributed by atoms with E-state index in [4.69, 9.17) is 10.4 Å². The second-order valence-corrected chi connectivity index (χ2v) is 7.01. The summed E-state index contributed by atoms with van der Waals surface area (Å²) >= 11 is 3.16. The molecule has 1 atom stereocenters. The molecule has 0 amide bonds. The lowest BCUT2D eigenvalue weighted by Gasteiger charge is -2.16. The molecule has 2 N–H and O–H groups in total. The van der Waals surface area contributed by atoms with E-state index < -0.39 is 22.0 Å². The lowest BCUT2D eigenvalue weighted by atomic mass is 10.1. The summed E-state index contributed by atoms with van der Waals surface area (Å²) in [5.41, 5.74) is 0.292. The van der Waals surface area contributed by atoms with Crippen molar-refractivity contribution in [3.63, 3.8) is 0 Å². The smallest absolute Gasteiger partial charge is 0.335 e. The number of halogens is 1. The van der Waals surface area contributed by atoms with Crippen molar-refractivity contribution in [3.8, 4) is 6.07 Å². The highest BCUT2D eigenvalue weighted by Crippen LogP contribution is 2.26. The van der Waals surface area contributed by atoms with Crippen molar-refractivity contribution in [2.45, 2.75) is 37.6 Å². The average Bonchev–Trinajstić information content (AvgIpc) is 2.40. The van der Waals surface area contributed by atoms with E-state index in [-0.39, 0.29) is 16.9 Å². The Morgan fingerprint density at radius 1 is 1.52 bits per heavy atom. The summed E-state index contributed by atoms with van der Waals surface area (Å²) in [6.07, 6.45) is 0.514. The average molecular weight is 375 g/mol. The maximum Gasteiger partial charge on any atom is 0.335 e. The molecule has 8 heteroatoms. The summed E-state index contributed by atoms with van der Waals surface area (Å²) in [5, 5.41) is 17.7. The summed E-state index contributed by atoms with van der Waals surface area (Å²) < 4.78 is 27.6. The Balaban J connectivity index is 3.31. The SMILES string of the molecule is CCC(CC#N)NS(=O)(=O)c1cc(C(=O)O)cc(Br)c1C. The number of carboxylic acids is 1. The number of carbonyl (C=O) groups is 1. The summed E-state index contributed by atoms with van der Waals surface area (Å²) in [7, 11) is -3.90. The number of nitriles is 1. The van der Waals surface area contributed by atoms with E-state index in [0.29, 0.717) is 16.5 Å². The highest BCUT2D eigenvalue weighted by molar-refractivity contribution is 9.10. The first-order chi connectivity index (χ1) is 9.72. The summed E-state index contributed by atoms with van der Waals surface area (Å²) in [6, 6.07) is 3.88. The molecule has 0 saturated heterocycles. The van der Waals surface area contributed by atoms with Crippen molar-refractivity contribution in [1.82, 2.24) is 4.72 Å². The molecule has 1 aromatic carbocycles. The third kappa shape index (κ3) is 4.27. The van der Waals surface area contributed by atoms with Gasteiger partial charge in [-0.25, -0.2) is 17.9 Å². The van der Waals surface area contributed by atoms with Crippen LogP contribution in [0.1, 0.15) is 35.7 Å². The molecule has 21 heavy (non-hydrogen) atoms. The van der Waals surface area contributed by atoms with Gasteiger partial charge in [0.25, 0.3) is 0 Å². The van der Waals surface area contributed by atoms with Gasteiger partial charge in [0.05, 0.1) is 22.9 Å². The summed E-state index contributed by atoms with van der Waals surface area (Å²) in [5.74, 6) is -1.21. The number of rotatable bonds is 6. The van der Waals surface area contributed by atoms with Crippen LogP contribution in [0.5, 0.6) is 0 Å². The molecule has 0 spiro atoms. The first-order valence-corrected chi connectivity index (χ1v) is 8.43. The number of sulfonamides is 1. The molecule has 1 aromatic rings. The normalized spacial score (nSPS) is 12.7. The van der Waals surface area contributed by atoms with Gasteiger partial charge in [-0.2, -0.15) is 5.26 Å². The largest absolute Gasteiger partial charge is 0.478 e. The Kier molecular flexibility index (Phi) is 5.89. The molecule has 0 saturated carbocycles. The highest BCUT2D eigenvalue weighted by atomic mass is 79.9. The molecule has 114 valence electrons. The predicted molar refractivity (Wildman–Crippen MR) is 80.5 cm³/mol. The van der Waals surface area contributed by atoms with Crippen LogP contribution >= 0.6 is 15.9 Å². The number of aromatic carboxylic acids is 1.